The summed E-state index contributed by atoms with van der Waals surface area (Å²) in [7, 11) is 0. The van der Waals surface area contributed by atoms with Gasteiger partial charge in [-0.2, -0.15) is 0 Å². The lowest BCUT2D eigenvalue weighted by atomic mass is 10.2. The third kappa shape index (κ3) is 3.07. The van der Waals surface area contributed by atoms with Crippen LogP contribution in [0.2, 0.25) is 0 Å². The number of rotatable bonds is 3. The standard InChI is InChI=1S/C12H7Br2NO2S/c13-7-4-9(14)10(15-6-7)5-8(12(16)17)11-2-1-3-18-11/h1-6H,(H,16,17)/b8-5+. The predicted molar refractivity (Wildman–Crippen MR) is 79.5 cm³/mol. The summed E-state index contributed by atoms with van der Waals surface area (Å²) in [5, 5.41) is 11.1. The van der Waals surface area contributed by atoms with Crippen LogP contribution >= 0.6 is 43.2 Å². The monoisotopic (exact) mass is 387 g/mol. The third-order valence-corrected chi connectivity index (χ3v) is 4.11. The molecule has 0 spiro atoms. The topological polar surface area (TPSA) is 50.2 Å². The van der Waals surface area contributed by atoms with E-state index in [2.05, 4.69) is 36.8 Å². The highest BCUT2D eigenvalue weighted by atomic mass is 79.9. The molecule has 2 aromatic heterocycles. The van der Waals surface area contributed by atoms with Crippen molar-refractivity contribution in [3.63, 3.8) is 0 Å². The smallest absolute Gasteiger partial charge is 0.337 e. The zero-order valence-electron chi connectivity index (χ0n) is 8.93. The van der Waals surface area contributed by atoms with E-state index in [0.29, 0.717) is 10.6 Å². The number of thiophene rings is 1. The number of nitrogens with zero attached hydrogens (tertiary/aromatic N) is 1. The van der Waals surface area contributed by atoms with Crippen molar-refractivity contribution in [3.05, 3.63) is 49.3 Å². The van der Waals surface area contributed by atoms with E-state index in [1.165, 1.54) is 11.3 Å². The Labute approximate surface area is 124 Å². The van der Waals surface area contributed by atoms with Crippen molar-refractivity contribution < 1.29 is 9.90 Å². The van der Waals surface area contributed by atoms with Crippen molar-refractivity contribution in [2.45, 2.75) is 0 Å². The minimum absolute atomic E-state index is 0.237. The minimum Gasteiger partial charge on any atom is -0.478 e. The second-order valence-electron chi connectivity index (χ2n) is 3.36. The van der Waals surface area contributed by atoms with Gasteiger partial charge in [0.2, 0.25) is 0 Å². The number of carboxylic acids is 1. The molecule has 0 radical (unpaired) electrons. The second-order valence-corrected chi connectivity index (χ2v) is 6.08. The molecule has 3 nitrogen and oxygen atoms in total. The van der Waals surface area contributed by atoms with E-state index in [1.807, 2.05) is 17.5 Å². The number of hydrogen-bond donors (Lipinski definition) is 1. The summed E-state index contributed by atoms with van der Waals surface area (Å²) in [6, 6.07) is 5.42. The highest BCUT2D eigenvalue weighted by Gasteiger charge is 2.12. The summed E-state index contributed by atoms with van der Waals surface area (Å²) in [6.07, 6.45) is 3.19. The predicted octanol–water partition coefficient (Wildman–Crippen LogP) is 4.29. The normalized spacial score (nSPS) is 11.6. The van der Waals surface area contributed by atoms with Gasteiger partial charge >= 0.3 is 5.97 Å². The average molecular weight is 389 g/mol. The molecule has 0 atom stereocenters. The number of aliphatic carboxylic acids is 1. The van der Waals surface area contributed by atoms with Crippen LogP contribution in [0.15, 0.2) is 38.7 Å². The van der Waals surface area contributed by atoms with E-state index < -0.39 is 5.97 Å². The highest BCUT2D eigenvalue weighted by molar-refractivity contribution is 9.11. The lowest BCUT2D eigenvalue weighted by Gasteiger charge is -2.02. The Morgan fingerprint density at radius 1 is 1.44 bits per heavy atom. The number of hydrogen-bond acceptors (Lipinski definition) is 3. The molecule has 2 heterocycles. The van der Waals surface area contributed by atoms with Crippen LogP contribution < -0.4 is 0 Å². The van der Waals surface area contributed by atoms with Gasteiger partial charge in [-0.25, -0.2) is 4.79 Å². The van der Waals surface area contributed by atoms with Gasteiger partial charge in [-0.1, -0.05) is 6.07 Å². The van der Waals surface area contributed by atoms with Crippen LogP contribution in [-0.2, 0) is 4.79 Å². The highest BCUT2D eigenvalue weighted by Crippen LogP contribution is 2.26. The van der Waals surface area contributed by atoms with Crippen LogP contribution in [0.5, 0.6) is 0 Å². The molecule has 0 saturated heterocycles. The molecule has 1 N–H and O–H groups in total. The van der Waals surface area contributed by atoms with Gasteiger partial charge in [-0.05, 0) is 55.4 Å². The van der Waals surface area contributed by atoms with E-state index in [-0.39, 0.29) is 5.57 Å². The van der Waals surface area contributed by atoms with Crippen molar-refractivity contribution in [3.8, 4) is 0 Å². The molecule has 2 rings (SSSR count). The largest absolute Gasteiger partial charge is 0.478 e. The summed E-state index contributed by atoms with van der Waals surface area (Å²) < 4.78 is 1.58. The Morgan fingerprint density at radius 2 is 2.22 bits per heavy atom. The number of aromatic nitrogens is 1. The Morgan fingerprint density at radius 3 is 2.78 bits per heavy atom. The Bertz CT molecular complexity index is 609. The molecule has 18 heavy (non-hydrogen) atoms. The first-order valence-corrected chi connectivity index (χ1v) is 7.34. The fraction of sp³-hybridized carbons (Fsp3) is 0. The summed E-state index contributed by atoms with van der Waals surface area (Å²) in [5.41, 5.74) is 0.824. The maximum Gasteiger partial charge on any atom is 0.337 e. The zero-order valence-corrected chi connectivity index (χ0v) is 12.9. The van der Waals surface area contributed by atoms with Gasteiger partial charge in [0.05, 0.1) is 11.3 Å². The first-order chi connectivity index (χ1) is 8.58. The summed E-state index contributed by atoms with van der Waals surface area (Å²) in [5.74, 6) is -0.964. The Hall–Kier alpha value is -0.980. The quantitative estimate of drug-likeness (QED) is 0.797. The fourth-order valence-electron chi connectivity index (χ4n) is 1.34. The van der Waals surface area contributed by atoms with Gasteiger partial charge < -0.3 is 5.11 Å². The first kappa shape index (κ1) is 13.5. The lowest BCUT2D eigenvalue weighted by Crippen LogP contribution is -1.98. The molecular formula is C12H7Br2NO2S. The van der Waals surface area contributed by atoms with Crippen LogP contribution in [0.1, 0.15) is 10.6 Å². The van der Waals surface area contributed by atoms with Crippen molar-refractivity contribution in [1.29, 1.82) is 0 Å². The second kappa shape index (κ2) is 5.77. The van der Waals surface area contributed by atoms with Gasteiger partial charge in [0, 0.05) is 20.0 Å². The molecular weight excluding hydrogens is 382 g/mol. The summed E-state index contributed by atoms with van der Waals surface area (Å²) in [4.78, 5) is 16.2. The molecule has 0 saturated carbocycles. The molecule has 0 aliphatic rings. The Kier molecular flexibility index (Phi) is 4.31. The van der Waals surface area contributed by atoms with E-state index >= 15 is 0 Å². The van der Waals surface area contributed by atoms with Crippen LogP contribution in [0.4, 0.5) is 0 Å². The van der Waals surface area contributed by atoms with Crippen LogP contribution in [0.3, 0.4) is 0 Å². The average Bonchev–Trinajstić information content (AvgIpc) is 2.80. The first-order valence-electron chi connectivity index (χ1n) is 4.88. The molecule has 0 aliphatic heterocycles. The maximum absolute atomic E-state index is 11.3. The maximum atomic E-state index is 11.3. The van der Waals surface area contributed by atoms with E-state index in [4.69, 9.17) is 0 Å². The molecule has 92 valence electrons. The van der Waals surface area contributed by atoms with E-state index in [1.54, 1.807) is 18.3 Å². The molecule has 0 amide bonds. The third-order valence-electron chi connectivity index (χ3n) is 2.13. The summed E-state index contributed by atoms with van der Waals surface area (Å²) in [6.45, 7) is 0. The number of pyridine rings is 1. The molecule has 0 fully saturated rings. The van der Waals surface area contributed by atoms with Gasteiger partial charge in [0.25, 0.3) is 0 Å². The van der Waals surface area contributed by atoms with Gasteiger partial charge in [-0.3, -0.25) is 4.98 Å². The van der Waals surface area contributed by atoms with Crippen molar-refractivity contribution in [2.75, 3.05) is 0 Å². The van der Waals surface area contributed by atoms with E-state index in [0.717, 1.165) is 8.95 Å². The molecule has 0 aromatic carbocycles. The summed E-state index contributed by atoms with van der Waals surface area (Å²) >= 11 is 8.05. The van der Waals surface area contributed by atoms with Crippen molar-refractivity contribution in [2.24, 2.45) is 0 Å². The van der Waals surface area contributed by atoms with Gasteiger partial charge in [-0.15, -0.1) is 11.3 Å². The van der Waals surface area contributed by atoms with Gasteiger partial charge in [0.1, 0.15) is 0 Å². The molecule has 0 aliphatic carbocycles. The fourth-order valence-corrected chi connectivity index (χ4v) is 3.17. The van der Waals surface area contributed by atoms with Crippen molar-refractivity contribution in [1.82, 2.24) is 4.98 Å². The molecule has 0 bridgehead atoms. The molecule has 0 unspecified atom stereocenters. The molecule has 6 heteroatoms. The van der Waals surface area contributed by atoms with Crippen LogP contribution in [0, 0.1) is 0 Å². The minimum atomic E-state index is -0.964. The van der Waals surface area contributed by atoms with E-state index in [9.17, 15) is 9.90 Å². The zero-order chi connectivity index (χ0) is 13.1. The van der Waals surface area contributed by atoms with Gasteiger partial charge in [0.15, 0.2) is 0 Å². The number of carbonyl (C=O) groups is 1. The van der Waals surface area contributed by atoms with Crippen LogP contribution in [0.25, 0.3) is 11.6 Å². The number of halogens is 2. The van der Waals surface area contributed by atoms with Crippen LogP contribution in [-0.4, -0.2) is 16.1 Å². The number of carboxylic acid groups (broad SMARTS) is 1. The van der Waals surface area contributed by atoms with Crippen molar-refractivity contribution >= 4 is 60.8 Å². The Balaban J connectivity index is 2.49. The lowest BCUT2D eigenvalue weighted by molar-refractivity contribution is -0.130. The molecule has 2 aromatic rings. The SMILES string of the molecule is O=C(O)/C(=C/c1ncc(Br)cc1Br)c1cccs1.